The molecule has 0 saturated carbocycles. The molecular formula is C13H13FN4S. The van der Waals surface area contributed by atoms with Gasteiger partial charge in [0.15, 0.2) is 4.77 Å². The van der Waals surface area contributed by atoms with Gasteiger partial charge in [0.25, 0.3) is 0 Å². The first-order chi connectivity index (χ1) is 9.24. The van der Waals surface area contributed by atoms with Crippen molar-refractivity contribution in [2.24, 2.45) is 0 Å². The maximum absolute atomic E-state index is 13.7. The molecule has 0 aliphatic carbocycles. The van der Waals surface area contributed by atoms with Crippen LogP contribution in [-0.2, 0) is 13.0 Å². The number of H-pyrrole nitrogens is 1. The van der Waals surface area contributed by atoms with Crippen molar-refractivity contribution in [1.82, 2.24) is 15.3 Å². The van der Waals surface area contributed by atoms with Crippen molar-refractivity contribution in [3.63, 3.8) is 0 Å². The molecule has 0 radical (unpaired) electrons. The van der Waals surface area contributed by atoms with Crippen molar-refractivity contribution in [2.45, 2.75) is 13.0 Å². The van der Waals surface area contributed by atoms with Crippen LogP contribution in [0.25, 0.3) is 0 Å². The van der Waals surface area contributed by atoms with Crippen molar-refractivity contribution in [3.8, 4) is 0 Å². The summed E-state index contributed by atoms with van der Waals surface area (Å²) in [4.78, 5) is 7.36. The lowest BCUT2D eigenvalue weighted by Crippen LogP contribution is -2.26. The number of halogens is 1. The molecule has 2 aromatic rings. The SMILES string of the molecule is Fc1ccccc1Nc1nc(=S)[nH]c2c1CNCC2. The number of hydrogen-bond donors (Lipinski definition) is 3. The highest BCUT2D eigenvalue weighted by molar-refractivity contribution is 7.71. The van der Waals surface area contributed by atoms with Gasteiger partial charge in [0.05, 0.1) is 5.69 Å². The molecule has 4 nitrogen and oxygen atoms in total. The quantitative estimate of drug-likeness (QED) is 0.738. The molecule has 1 aromatic heterocycles. The number of aromatic amines is 1. The van der Waals surface area contributed by atoms with E-state index in [0.717, 1.165) is 24.2 Å². The molecule has 0 atom stereocenters. The minimum Gasteiger partial charge on any atom is -0.337 e. The normalized spacial score (nSPS) is 13.9. The second kappa shape index (κ2) is 5.07. The summed E-state index contributed by atoms with van der Waals surface area (Å²) in [6, 6.07) is 6.53. The van der Waals surface area contributed by atoms with E-state index >= 15 is 0 Å². The fraction of sp³-hybridized carbons (Fsp3) is 0.231. The van der Waals surface area contributed by atoms with Crippen LogP contribution in [0.4, 0.5) is 15.9 Å². The third-order valence-corrected chi connectivity index (χ3v) is 3.30. The first kappa shape index (κ1) is 12.3. The highest BCUT2D eigenvalue weighted by atomic mass is 32.1. The van der Waals surface area contributed by atoms with Crippen molar-refractivity contribution in [2.75, 3.05) is 11.9 Å². The van der Waals surface area contributed by atoms with Gasteiger partial charge >= 0.3 is 0 Å². The lowest BCUT2D eigenvalue weighted by molar-refractivity contribution is 0.623. The third-order valence-electron chi connectivity index (χ3n) is 3.10. The van der Waals surface area contributed by atoms with Gasteiger partial charge in [-0.25, -0.2) is 9.37 Å². The number of para-hydroxylation sites is 1. The number of nitrogens with zero attached hydrogens (tertiary/aromatic N) is 1. The standard InChI is InChI=1S/C13H13FN4S/c14-9-3-1-2-4-11(9)16-12-8-7-15-6-5-10(8)17-13(19)18-12/h1-4,15H,5-7H2,(H2,16,17,18,19). The molecule has 0 fully saturated rings. The minimum atomic E-state index is -0.305. The molecule has 3 N–H and O–H groups in total. The molecule has 98 valence electrons. The van der Waals surface area contributed by atoms with E-state index in [4.69, 9.17) is 12.2 Å². The van der Waals surface area contributed by atoms with Crippen LogP contribution in [0.5, 0.6) is 0 Å². The maximum Gasteiger partial charge on any atom is 0.198 e. The van der Waals surface area contributed by atoms with E-state index < -0.39 is 0 Å². The molecule has 0 saturated heterocycles. The Bertz CT molecular complexity index is 668. The largest absolute Gasteiger partial charge is 0.337 e. The van der Waals surface area contributed by atoms with E-state index in [9.17, 15) is 4.39 Å². The highest BCUT2D eigenvalue weighted by Crippen LogP contribution is 2.24. The minimum absolute atomic E-state index is 0.305. The Labute approximate surface area is 115 Å². The number of rotatable bonds is 2. The van der Waals surface area contributed by atoms with Crippen LogP contribution in [0.3, 0.4) is 0 Å². The smallest absolute Gasteiger partial charge is 0.198 e. The first-order valence-corrected chi connectivity index (χ1v) is 6.49. The van der Waals surface area contributed by atoms with Gasteiger partial charge in [0.2, 0.25) is 0 Å². The Morgan fingerprint density at radius 3 is 3.00 bits per heavy atom. The summed E-state index contributed by atoms with van der Waals surface area (Å²) in [5.41, 5.74) is 2.49. The fourth-order valence-corrected chi connectivity index (χ4v) is 2.38. The maximum atomic E-state index is 13.7. The van der Waals surface area contributed by atoms with E-state index in [1.165, 1.54) is 6.07 Å². The molecule has 0 unspecified atom stereocenters. The van der Waals surface area contributed by atoms with Crippen molar-refractivity contribution in [3.05, 3.63) is 46.1 Å². The van der Waals surface area contributed by atoms with Gasteiger partial charge in [-0.1, -0.05) is 12.1 Å². The average Bonchev–Trinajstić information content (AvgIpc) is 2.41. The van der Waals surface area contributed by atoms with Gasteiger partial charge in [-0.15, -0.1) is 0 Å². The van der Waals surface area contributed by atoms with Crippen molar-refractivity contribution in [1.29, 1.82) is 0 Å². The summed E-state index contributed by atoms with van der Waals surface area (Å²) in [6.07, 6.45) is 0.868. The van der Waals surface area contributed by atoms with E-state index in [1.54, 1.807) is 18.2 Å². The predicted molar refractivity (Wildman–Crippen MR) is 74.5 cm³/mol. The zero-order chi connectivity index (χ0) is 13.2. The Morgan fingerprint density at radius 2 is 2.16 bits per heavy atom. The van der Waals surface area contributed by atoms with Crippen LogP contribution < -0.4 is 10.6 Å². The average molecular weight is 276 g/mol. The van der Waals surface area contributed by atoms with Crippen LogP contribution in [0.2, 0.25) is 0 Å². The van der Waals surface area contributed by atoms with Crippen molar-refractivity contribution < 1.29 is 4.39 Å². The summed E-state index contributed by atoms with van der Waals surface area (Å²) in [6.45, 7) is 1.60. The highest BCUT2D eigenvalue weighted by Gasteiger charge is 2.15. The number of aromatic nitrogens is 2. The second-order valence-electron chi connectivity index (χ2n) is 4.38. The molecule has 6 heteroatoms. The first-order valence-electron chi connectivity index (χ1n) is 6.08. The number of fused-ring (bicyclic) bond motifs is 1. The topological polar surface area (TPSA) is 52.7 Å². The monoisotopic (exact) mass is 276 g/mol. The molecular weight excluding hydrogens is 263 g/mol. The molecule has 1 aromatic carbocycles. The van der Waals surface area contributed by atoms with Crippen LogP contribution in [0.15, 0.2) is 24.3 Å². The number of anilines is 2. The van der Waals surface area contributed by atoms with Gasteiger partial charge in [0.1, 0.15) is 11.6 Å². The lowest BCUT2D eigenvalue weighted by atomic mass is 10.1. The molecule has 2 heterocycles. The summed E-state index contributed by atoms with van der Waals surface area (Å²) < 4.78 is 14.1. The van der Waals surface area contributed by atoms with Gasteiger partial charge in [0, 0.05) is 30.8 Å². The molecule has 0 spiro atoms. The fourth-order valence-electron chi connectivity index (χ4n) is 2.17. The molecule has 0 amide bonds. The van der Waals surface area contributed by atoms with E-state index in [1.807, 2.05) is 0 Å². The van der Waals surface area contributed by atoms with Gasteiger partial charge in [-0.05, 0) is 24.4 Å². The predicted octanol–water partition coefficient (Wildman–Crippen LogP) is 2.67. The zero-order valence-electron chi connectivity index (χ0n) is 10.2. The van der Waals surface area contributed by atoms with E-state index in [2.05, 4.69) is 20.6 Å². The Morgan fingerprint density at radius 1 is 1.32 bits per heavy atom. The molecule has 0 bridgehead atoms. The Kier molecular flexibility index (Phi) is 3.27. The Hall–Kier alpha value is -1.79. The van der Waals surface area contributed by atoms with E-state index in [-0.39, 0.29) is 5.82 Å². The van der Waals surface area contributed by atoms with Crippen LogP contribution in [0, 0.1) is 10.6 Å². The molecule has 1 aliphatic heterocycles. The third kappa shape index (κ3) is 2.50. The van der Waals surface area contributed by atoms with Crippen molar-refractivity contribution >= 4 is 23.7 Å². The molecule has 19 heavy (non-hydrogen) atoms. The van der Waals surface area contributed by atoms with E-state index in [0.29, 0.717) is 22.8 Å². The number of nitrogens with one attached hydrogen (secondary N) is 3. The van der Waals surface area contributed by atoms with Crippen LogP contribution in [-0.4, -0.2) is 16.5 Å². The molecule has 1 aliphatic rings. The summed E-state index contributed by atoms with van der Waals surface area (Å²) in [7, 11) is 0. The van der Waals surface area contributed by atoms with Crippen LogP contribution >= 0.6 is 12.2 Å². The zero-order valence-corrected chi connectivity index (χ0v) is 11.0. The summed E-state index contributed by atoms with van der Waals surface area (Å²) in [5, 5.41) is 6.30. The van der Waals surface area contributed by atoms with Gasteiger partial charge < -0.3 is 15.6 Å². The number of hydrogen-bond acceptors (Lipinski definition) is 4. The summed E-state index contributed by atoms with van der Waals surface area (Å²) >= 11 is 5.11. The molecule has 3 rings (SSSR count). The van der Waals surface area contributed by atoms with Gasteiger partial charge in [-0.3, -0.25) is 0 Å². The summed E-state index contributed by atoms with van der Waals surface area (Å²) in [5.74, 6) is 0.316. The second-order valence-corrected chi connectivity index (χ2v) is 4.77. The Balaban J connectivity index is 2.03. The number of benzene rings is 1. The van der Waals surface area contributed by atoms with Gasteiger partial charge in [-0.2, -0.15) is 0 Å². The lowest BCUT2D eigenvalue weighted by Gasteiger charge is -2.20. The van der Waals surface area contributed by atoms with Crippen LogP contribution in [0.1, 0.15) is 11.3 Å².